The highest BCUT2D eigenvalue weighted by atomic mass is 16.6. The van der Waals surface area contributed by atoms with Gasteiger partial charge < -0.3 is 15.2 Å². The number of aliphatic hydroxyl groups excluding tert-OH is 1. The van der Waals surface area contributed by atoms with Crippen molar-refractivity contribution in [2.24, 2.45) is 0 Å². The van der Waals surface area contributed by atoms with Crippen LogP contribution in [0.3, 0.4) is 0 Å². The molecule has 0 aliphatic heterocycles. The third kappa shape index (κ3) is 5.45. The first-order valence-corrected chi connectivity index (χ1v) is 6.19. The average Bonchev–Trinajstić information content (AvgIpc) is 2.35. The van der Waals surface area contributed by atoms with E-state index in [4.69, 9.17) is 9.84 Å². The van der Waals surface area contributed by atoms with E-state index in [1.165, 1.54) is 0 Å². The number of carbonyl (C=O) groups is 1. The molecular formula is C15H19NO3. The summed E-state index contributed by atoms with van der Waals surface area (Å²) < 4.78 is 5.02. The minimum Gasteiger partial charge on any atom is -0.447 e. The standard InChI is InChI=1S/C15H19NO3/c1-11(2)19-15(18)16-12(3)14-8-6-13(7-9-14)5-4-10-17/h6-9,11-12,17H,10H2,1-3H3,(H,16,18). The number of ether oxygens (including phenoxy) is 1. The lowest BCUT2D eigenvalue weighted by molar-refractivity contribution is 0.113. The number of amides is 1. The third-order valence-electron chi connectivity index (χ3n) is 2.40. The number of benzene rings is 1. The Morgan fingerprint density at radius 1 is 1.32 bits per heavy atom. The summed E-state index contributed by atoms with van der Waals surface area (Å²) in [6, 6.07) is 7.35. The molecule has 19 heavy (non-hydrogen) atoms. The van der Waals surface area contributed by atoms with Crippen molar-refractivity contribution in [1.82, 2.24) is 5.32 Å². The minimum atomic E-state index is -0.424. The number of aliphatic hydroxyl groups is 1. The number of alkyl carbamates (subject to hydrolysis) is 1. The van der Waals surface area contributed by atoms with Crippen molar-refractivity contribution in [2.75, 3.05) is 6.61 Å². The summed E-state index contributed by atoms with van der Waals surface area (Å²) in [6.45, 7) is 5.34. The molecule has 0 bridgehead atoms. The zero-order chi connectivity index (χ0) is 14.3. The van der Waals surface area contributed by atoms with E-state index in [2.05, 4.69) is 17.2 Å². The molecular weight excluding hydrogens is 242 g/mol. The molecule has 1 atom stereocenters. The largest absolute Gasteiger partial charge is 0.447 e. The maximum absolute atomic E-state index is 11.5. The molecule has 1 aromatic rings. The van der Waals surface area contributed by atoms with Gasteiger partial charge in [0.25, 0.3) is 0 Å². The van der Waals surface area contributed by atoms with Crippen LogP contribution in [0.15, 0.2) is 24.3 Å². The van der Waals surface area contributed by atoms with Gasteiger partial charge in [-0.15, -0.1) is 0 Å². The van der Waals surface area contributed by atoms with Gasteiger partial charge in [0.15, 0.2) is 0 Å². The van der Waals surface area contributed by atoms with Gasteiger partial charge in [0, 0.05) is 5.56 Å². The first kappa shape index (κ1) is 15.1. The normalized spacial score (nSPS) is 11.4. The Labute approximate surface area is 113 Å². The van der Waals surface area contributed by atoms with Gasteiger partial charge in [-0.2, -0.15) is 0 Å². The highest BCUT2D eigenvalue weighted by molar-refractivity contribution is 5.68. The Hall–Kier alpha value is -1.99. The van der Waals surface area contributed by atoms with Crippen molar-refractivity contribution in [3.63, 3.8) is 0 Å². The Balaban J connectivity index is 2.62. The van der Waals surface area contributed by atoms with E-state index in [9.17, 15) is 4.79 Å². The monoisotopic (exact) mass is 261 g/mol. The van der Waals surface area contributed by atoms with E-state index in [0.717, 1.165) is 11.1 Å². The summed E-state index contributed by atoms with van der Waals surface area (Å²) in [7, 11) is 0. The molecule has 1 amide bonds. The number of hydrogen-bond acceptors (Lipinski definition) is 3. The van der Waals surface area contributed by atoms with Gasteiger partial charge in [0.05, 0.1) is 12.1 Å². The van der Waals surface area contributed by atoms with E-state index >= 15 is 0 Å². The fourth-order valence-corrected chi connectivity index (χ4v) is 1.50. The molecule has 0 aliphatic rings. The highest BCUT2D eigenvalue weighted by Gasteiger charge is 2.11. The van der Waals surface area contributed by atoms with Crippen LogP contribution in [0, 0.1) is 11.8 Å². The second kappa shape index (κ2) is 7.45. The summed E-state index contributed by atoms with van der Waals surface area (Å²) in [4.78, 5) is 11.5. The van der Waals surface area contributed by atoms with Crippen LogP contribution < -0.4 is 5.32 Å². The van der Waals surface area contributed by atoms with Crippen LogP contribution in [-0.4, -0.2) is 23.9 Å². The van der Waals surface area contributed by atoms with Gasteiger partial charge in [0.1, 0.15) is 6.61 Å². The van der Waals surface area contributed by atoms with E-state index in [0.29, 0.717) is 0 Å². The van der Waals surface area contributed by atoms with Crippen molar-refractivity contribution in [2.45, 2.75) is 32.9 Å². The topological polar surface area (TPSA) is 58.6 Å². The van der Waals surface area contributed by atoms with Gasteiger partial charge in [0.2, 0.25) is 0 Å². The first-order valence-electron chi connectivity index (χ1n) is 6.19. The van der Waals surface area contributed by atoms with Crippen molar-refractivity contribution >= 4 is 6.09 Å². The maximum atomic E-state index is 11.5. The van der Waals surface area contributed by atoms with Crippen LogP contribution in [0.5, 0.6) is 0 Å². The number of hydrogen-bond donors (Lipinski definition) is 2. The van der Waals surface area contributed by atoms with Gasteiger partial charge >= 0.3 is 6.09 Å². The number of carbonyl (C=O) groups excluding carboxylic acids is 1. The Bertz CT molecular complexity index is 468. The molecule has 4 heteroatoms. The third-order valence-corrected chi connectivity index (χ3v) is 2.40. The number of nitrogens with one attached hydrogen (secondary N) is 1. The maximum Gasteiger partial charge on any atom is 0.407 e. The molecule has 0 saturated carbocycles. The quantitative estimate of drug-likeness (QED) is 0.820. The predicted molar refractivity (Wildman–Crippen MR) is 73.6 cm³/mol. The highest BCUT2D eigenvalue weighted by Crippen LogP contribution is 2.13. The Morgan fingerprint density at radius 3 is 2.47 bits per heavy atom. The molecule has 1 unspecified atom stereocenters. The van der Waals surface area contributed by atoms with Crippen molar-refractivity contribution in [3.8, 4) is 11.8 Å². The zero-order valence-electron chi connectivity index (χ0n) is 11.4. The van der Waals surface area contributed by atoms with Crippen LogP contribution in [0.4, 0.5) is 4.79 Å². The molecule has 0 aliphatic carbocycles. The van der Waals surface area contributed by atoms with E-state index in [1.54, 1.807) is 13.8 Å². The molecule has 102 valence electrons. The minimum absolute atomic E-state index is 0.133. The zero-order valence-corrected chi connectivity index (χ0v) is 11.4. The fraction of sp³-hybridized carbons (Fsp3) is 0.400. The molecule has 2 N–H and O–H groups in total. The molecule has 0 heterocycles. The molecule has 0 spiro atoms. The summed E-state index contributed by atoms with van der Waals surface area (Å²) >= 11 is 0. The second-order valence-electron chi connectivity index (χ2n) is 4.40. The smallest absolute Gasteiger partial charge is 0.407 e. The summed E-state index contributed by atoms with van der Waals surface area (Å²) in [5, 5.41) is 11.4. The lowest BCUT2D eigenvalue weighted by Gasteiger charge is -2.15. The van der Waals surface area contributed by atoms with Crippen molar-refractivity contribution < 1.29 is 14.6 Å². The SMILES string of the molecule is CC(C)OC(=O)NC(C)c1ccc(C#CCO)cc1. The molecule has 0 saturated heterocycles. The molecule has 1 aromatic carbocycles. The predicted octanol–water partition coefficient (Wildman–Crippen LogP) is 2.23. The first-order chi connectivity index (χ1) is 9.02. The van der Waals surface area contributed by atoms with Crippen LogP contribution in [0.2, 0.25) is 0 Å². The van der Waals surface area contributed by atoms with Crippen LogP contribution >= 0.6 is 0 Å². The fourth-order valence-electron chi connectivity index (χ4n) is 1.50. The molecule has 0 fully saturated rings. The molecule has 4 nitrogen and oxygen atoms in total. The summed E-state index contributed by atoms with van der Waals surface area (Å²) in [5.74, 6) is 5.40. The van der Waals surface area contributed by atoms with Crippen molar-refractivity contribution in [1.29, 1.82) is 0 Å². The average molecular weight is 261 g/mol. The van der Waals surface area contributed by atoms with Crippen LogP contribution in [0.1, 0.15) is 37.9 Å². The summed E-state index contributed by atoms with van der Waals surface area (Å²) in [5.41, 5.74) is 1.80. The van der Waals surface area contributed by atoms with Gasteiger partial charge in [-0.05, 0) is 38.5 Å². The molecule has 0 radical (unpaired) electrons. The van der Waals surface area contributed by atoms with Crippen LogP contribution in [0.25, 0.3) is 0 Å². The van der Waals surface area contributed by atoms with E-state index in [-0.39, 0.29) is 18.8 Å². The van der Waals surface area contributed by atoms with Crippen LogP contribution in [-0.2, 0) is 4.74 Å². The molecule has 0 aromatic heterocycles. The van der Waals surface area contributed by atoms with Gasteiger partial charge in [-0.3, -0.25) is 0 Å². The van der Waals surface area contributed by atoms with Gasteiger partial charge in [-0.1, -0.05) is 24.0 Å². The Morgan fingerprint density at radius 2 is 1.95 bits per heavy atom. The van der Waals surface area contributed by atoms with E-state index < -0.39 is 6.09 Å². The van der Waals surface area contributed by atoms with Crippen molar-refractivity contribution in [3.05, 3.63) is 35.4 Å². The second-order valence-corrected chi connectivity index (χ2v) is 4.40. The number of rotatable bonds is 3. The molecule has 1 rings (SSSR count). The Kier molecular flexibility index (Phi) is 5.91. The lowest BCUT2D eigenvalue weighted by Crippen LogP contribution is -2.29. The van der Waals surface area contributed by atoms with E-state index in [1.807, 2.05) is 31.2 Å². The summed E-state index contributed by atoms with van der Waals surface area (Å²) in [6.07, 6.45) is -0.560. The van der Waals surface area contributed by atoms with Gasteiger partial charge in [-0.25, -0.2) is 4.79 Å². The lowest BCUT2D eigenvalue weighted by atomic mass is 10.1.